The highest BCUT2D eigenvalue weighted by atomic mass is 16.3. The van der Waals surface area contributed by atoms with E-state index in [4.69, 9.17) is 10.8 Å². The molecular formula is C27H52N4O5. The van der Waals surface area contributed by atoms with E-state index in [1.165, 1.54) is 32.1 Å². The molecule has 0 spiro atoms. The minimum absolute atomic E-state index is 0.224. The molecule has 0 unspecified atom stereocenters. The molecule has 210 valence electrons. The molecule has 1 rings (SSSR count). The Bertz CT molecular complexity index is 599. The fourth-order valence-corrected chi connectivity index (χ4v) is 4.77. The van der Waals surface area contributed by atoms with Gasteiger partial charge < -0.3 is 31.9 Å². The lowest BCUT2D eigenvalue weighted by Gasteiger charge is -2.24. The van der Waals surface area contributed by atoms with E-state index in [2.05, 4.69) is 16.0 Å². The van der Waals surface area contributed by atoms with Crippen molar-refractivity contribution in [3.63, 3.8) is 0 Å². The normalized spacial score (nSPS) is 15.8. The summed E-state index contributed by atoms with van der Waals surface area (Å²) in [6.07, 6.45) is 16.1. The van der Waals surface area contributed by atoms with Crippen molar-refractivity contribution in [2.75, 3.05) is 26.3 Å². The molecule has 2 atom stereocenters. The monoisotopic (exact) mass is 512 g/mol. The first-order chi connectivity index (χ1) is 17.5. The zero-order chi connectivity index (χ0) is 26.4. The first kappa shape index (κ1) is 32.3. The maximum Gasteiger partial charge on any atom is 0.245 e. The largest absolute Gasteiger partial charge is 0.396 e. The molecule has 36 heavy (non-hydrogen) atoms. The molecule has 9 heteroatoms. The fraction of sp³-hybridized carbons (Fsp3) is 0.889. The van der Waals surface area contributed by atoms with Crippen LogP contribution in [0.15, 0.2) is 0 Å². The first-order valence-electron chi connectivity index (χ1n) is 14.3. The number of aliphatic hydroxyl groups excluding tert-OH is 2. The van der Waals surface area contributed by atoms with Gasteiger partial charge in [0.25, 0.3) is 0 Å². The lowest BCUT2D eigenvalue weighted by atomic mass is 9.87. The van der Waals surface area contributed by atoms with Gasteiger partial charge in [-0.25, -0.2) is 0 Å². The number of hydrogen-bond donors (Lipinski definition) is 6. The fourth-order valence-electron chi connectivity index (χ4n) is 4.77. The number of aliphatic hydroxyl groups is 2. The van der Waals surface area contributed by atoms with Gasteiger partial charge in [0.1, 0.15) is 12.1 Å². The first-order valence-corrected chi connectivity index (χ1v) is 14.3. The van der Waals surface area contributed by atoms with E-state index in [1.807, 2.05) is 0 Å². The predicted molar refractivity (Wildman–Crippen MR) is 142 cm³/mol. The van der Waals surface area contributed by atoms with Crippen molar-refractivity contribution in [2.45, 2.75) is 121 Å². The molecule has 0 aliphatic heterocycles. The van der Waals surface area contributed by atoms with Crippen LogP contribution >= 0.6 is 0 Å². The van der Waals surface area contributed by atoms with Crippen LogP contribution in [0.3, 0.4) is 0 Å². The second-order valence-corrected chi connectivity index (χ2v) is 10.2. The lowest BCUT2D eigenvalue weighted by molar-refractivity contribution is -0.133. The van der Waals surface area contributed by atoms with E-state index in [-0.39, 0.29) is 18.4 Å². The maximum absolute atomic E-state index is 12.8. The van der Waals surface area contributed by atoms with E-state index in [1.54, 1.807) is 0 Å². The van der Waals surface area contributed by atoms with Crippen LogP contribution in [0, 0.1) is 5.92 Å². The molecule has 1 saturated carbocycles. The predicted octanol–water partition coefficient (Wildman–Crippen LogP) is 2.28. The molecule has 3 amide bonds. The van der Waals surface area contributed by atoms with Gasteiger partial charge in [0.05, 0.1) is 6.61 Å². The quantitative estimate of drug-likeness (QED) is 0.130. The molecule has 0 saturated heterocycles. The van der Waals surface area contributed by atoms with Gasteiger partial charge in [-0.15, -0.1) is 0 Å². The van der Waals surface area contributed by atoms with Crippen molar-refractivity contribution in [1.29, 1.82) is 0 Å². The summed E-state index contributed by atoms with van der Waals surface area (Å²) in [6, 6.07) is -1.80. The Morgan fingerprint density at radius 1 is 0.778 bits per heavy atom. The van der Waals surface area contributed by atoms with Gasteiger partial charge in [0.15, 0.2) is 0 Å². The van der Waals surface area contributed by atoms with Gasteiger partial charge in [-0.3, -0.25) is 14.4 Å². The van der Waals surface area contributed by atoms with Gasteiger partial charge in [0, 0.05) is 19.6 Å². The minimum atomic E-state index is -1.08. The van der Waals surface area contributed by atoms with Gasteiger partial charge >= 0.3 is 0 Å². The van der Waals surface area contributed by atoms with Crippen molar-refractivity contribution >= 4 is 17.7 Å². The van der Waals surface area contributed by atoms with Gasteiger partial charge in [-0.05, 0) is 51.0 Å². The van der Waals surface area contributed by atoms with Crippen LogP contribution in [-0.2, 0) is 14.4 Å². The van der Waals surface area contributed by atoms with Crippen molar-refractivity contribution < 1.29 is 24.6 Å². The number of unbranched alkanes of at least 4 members (excludes halogenated alkanes) is 7. The molecular weight excluding hydrogens is 460 g/mol. The van der Waals surface area contributed by atoms with Crippen LogP contribution < -0.4 is 21.7 Å². The molecule has 0 aromatic carbocycles. The molecule has 0 bridgehead atoms. The Morgan fingerprint density at radius 2 is 1.44 bits per heavy atom. The number of rotatable bonds is 21. The minimum Gasteiger partial charge on any atom is -0.396 e. The van der Waals surface area contributed by atoms with E-state index in [0.29, 0.717) is 38.3 Å². The molecule has 1 aliphatic rings. The van der Waals surface area contributed by atoms with Crippen molar-refractivity contribution in [3.05, 3.63) is 0 Å². The zero-order valence-corrected chi connectivity index (χ0v) is 22.3. The third-order valence-corrected chi connectivity index (χ3v) is 7.05. The van der Waals surface area contributed by atoms with E-state index in [0.717, 1.165) is 57.8 Å². The molecule has 0 heterocycles. The second-order valence-electron chi connectivity index (χ2n) is 10.2. The van der Waals surface area contributed by atoms with Crippen LogP contribution in [0.4, 0.5) is 0 Å². The molecule has 0 radical (unpaired) electrons. The SMILES string of the molecule is NCCCC[C@H](NC(=O)[C@H](CO)NC(=O)CCCCCCCCCO)C(=O)NCCC1CCCCC1. The Kier molecular flexibility index (Phi) is 19.2. The van der Waals surface area contributed by atoms with Crippen molar-refractivity contribution in [3.8, 4) is 0 Å². The summed E-state index contributed by atoms with van der Waals surface area (Å²) in [4.78, 5) is 37.9. The standard InChI is InChI=1S/C27H52N4O5/c28-18-11-10-15-23(26(35)29-19-17-22-13-7-6-8-14-22)31-27(36)24(21-33)30-25(34)16-9-4-2-1-3-5-12-20-32/h22-24,32-33H,1-21,28H2,(H,29,35)(H,30,34)(H,31,36)/t23-,24-/m0/s1. The Balaban J connectivity index is 2.42. The Hall–Kier alpha value is -1.71. The zero-order valence-electron chi connectivity index (χ0n) is 22.3. The average molecular weight is 513 g/mol. The Morgan fingerprint density at radius 3 is 2.08 bits per heavy atom. The van der Waals surface area contributed by atoms with Gasteiger partial charge in [-0.2, -0.15) is 0 Å². The molecule has 7 N–H and O–H groups in total. The highest BCUT2D eigenvalue weighted by molar-refractivity contribution is 5.92. The van der Waals surface area contributed by atoms with E-state index >= 15 is 0 Å². The summed E-state index contributed by atoms with van der Waals surface area (Å²) < 4.78 is 0. The molecule has 0 aromatic heterocycles. The topological polar surface area (TPSA) is 154 Å². The summed E-state index contributed by atoms with van der Waals surface area (Å²) in [5.41, 5.74) is 5.59. The lowest BCUT2D eigenvalue weighted by Crippen LogP contribution is -2.55. The number of nitrogens with one attached hydrogen (secondary N) is 3. The number of carbonyl (C=O) groups is 3. The summed E-state index contributed by atoms with van der Waals surface area (Å²) >= 11 is 0. The van der Waals surface area contributed by atoms with Crippen LogP contribution in [0.5, 0.6) is 0 Å². The third-order valence-electron chi connectivity index (χ3n) is 7.05. The molecule has 0 aromatic rings. The van der Waals surface area contributed by atoms with Crippen molar-refractivity contribution in [1.82, 2.24) is 16.0 Å². The van der Waals surface area contributed by atoms with E-state index < -0.39 is 24.6 Å². The highest BCUT2D eigenvalue weighted by Gasteiger charge is 2.26. The average Bonchev–Trinajstić information content (AvgIpc) is 2.88. The van der Waals surface area contributed by atoms with Crippen LogP contribution in [0.25, 0.3) is 0 Å². The highest BCUT2D eigenvalue weighted by Crippen LogP contribution is 2.25. The maximum atomic E-state index is 12.8. The smallest absolute Gasteiger partial charge is 0.245 e. The summed E-state index contributed by atoms with van der Waals surface area (Å²) in [5, 5.41) is 26.8. The van der Waals surface area contributed by atoms with Gasteiger partial charge in [-0.1, -0.05) is 64.2 Å². The number of carbonyl (C=O) groups excluding carboxylic acids is 3. The summed E-state index contributed by atoms with van der Waals surface area (Å²) in [7, 11) is 0. The number of amides is 3. The molecule has 9 nitrogen and oxygen atoms in total. The van der Waals surface area contributed by atoms with E-state index in [9.17, 15) is 19.5 Å². The van der Waals surface area contributed by atoms with Crippen LogP contribution in [0.2, 0.25) is 0 Å². The van der Waals surface area contributed by atoms with Crippen LogP contribution in [-0.4, -0.2) is 66.3 Å². The second kappa shape index (κ2) is 21.4. The third kappa shape index (κ3) is 15.4. The Labute approximate surface area is 217 Å². The molecule has 1 fully saturated rings. The summed E-state index contributed by atoms with van der Waals surface area (Å²) in [5.74, 6) is -0.390. The molecule has 1 aliphatic carbocycles. The van der Waals surface area contributed by atoms with Gasteiger partial charge in [0.2, 0.25) is 17.7 Å². The van der Waals surface area contributed by atoms with Crippen molar-refractivity contribution in [2.24, 2.45) is 11.7 Å². The summed E-state index contributed by atoms with van der Waals surface area (Å²) in [6.45, 7) is 0.816. The number of nitrogens with two attached hydrogens (primary N) is 1. The number of hydrogen-bond acceptors (Lipinski definition) is 6. The van der Waals surface area contributed by atoms with Crippen LogP contribution in [0.1, 0.15) is 109 Å².